The molecule has 1 saturated heterocycles. The van der Waals surface area contributed by atoms with Crippen molar-refractivity contribution in [2.45, 2.75) is 36.0 Å². The number of ketones is 1. The number of hydrogen-bond donors (Lipinski definition) is 0. The minimum absolute atomic E-state index is 0.247. The monoisotopic (exact) mass is 637 g/mol. The van der Waals surface area contributed by atoms with E-state index >= 15 is 0 Å². The van der Waals surface area contributed by atoms with Gasteiger partial charge in [0.25, 0.3) is 0 Å². The zero-order chi connectivity index (χ0) is 33.4. The topological polar surface area (TPSA) is 187 Å². The Kier molecular flexibility index (Phi) is 15.5. The van der Waals surface area contributed by atoms with Crippen LogP contribution >= 0.6 is 11.8 Å². The largest absolute Gasteiger partial charge is 0.545 e. The molecular weight excluding hydrogens is 602 g/mol. The summed E-state index contributed by atoms with van der Waals surface area (Å²) in [7, 11) is 2.20. The molecule has 0 aliphatic carbocycles. The van der Waals surface area contributed by atoms with Crippen molar-refractivity contribution in [3.8, 4) is 0 Å². The maximum atomic E-state index is 12.5. The molecule has 0 saturated carbocycles. The van der Waals surface area contributed by atoms with Crippen LogP contribution in [0.25, 0.3) is 0 Å². The highest BCUT2D eigenvalue weighted by Gasteiger charge is 2.24. The van der Waals surface area contributed by atoms with Gasteiger partial charge in [0.1, 0.15) is 0 Å². The van der Waals surface area contributed by atoms with Gasteiger partial charge in [-0.2, -0.15) is 0 Å². The molecule has 0 aromatic heterocycles. The van der Waals surface area contributed by atoms with Gasteiger partial charge < -0.3 is 54.3 Å². The van der Waals surface area contributed by atoms with Gasteiger partial charge in [-0.3, -0.25) is 4.79 Å². The summed E-state index contributed by atoms with van der Waals surface area (Å²) in [6.07, 6.45) is 4.17. The predicted octanol–water partition coefficient (Wildman–Crippen LogP) is -1.01. The number of hydrogen-bond acceptors (Lipinski definition) is 13. The molecule has 0 amide bonds. The minimum Gasteiger partial charge on any atom is -0.545 e. The fourth-order valence-corrected chi connectivity index (χ4v) is 5.49. The number of carbonyl (C=O) groups is 5. The quantitative estimate of drug-likeness (QED) is 0.216. The number of carboxylic acids is 4. The normalized spacial score (nSPS) is 14.4. The Bertz CT molecular complexity index is 1340. The molecule has 0 unspecified atom stereocenters. The fraction of sp³-hybridized carbons (Fsp3) is 0.344. The average molecular weight is 638 g/mol. The van der Waals surface area contributed by atoms with Crippen LogP contribution in [0.1, 0.15) is 36.5 Å². The number of rotatable bonds is 11. The van der Waals surface area contributed by atoms with Gasteiger partial charge in [-0.25, -0.2) is 0 Å². The third kappa shape index (κ3) is 13.4. The summed E-state index contributed by atoms with van der Waals surface area (Å²) in [4.78, 5) is 60.1. The van der Waals surface area contributed by atoms with Gasteiger partial charge in [-0.05, 0) is 75.0 Å². The molecule has 242 valence electrons. The van der Waals surface area contributed by atoms with Gasteiger partial charge in [0.05, 0.1) is 35.3 Å². The number of benzene rings is 2. The van der Waals surface area contributed by atoms with Gasteiger partial charge >= 0.3 is 0 Å². The number of nitrogens with zero attached hydrogens (tertiary/aromatic N) is 3. The second-order valence-corrected chi connectivity index (χ2v) is 11.1. The summed E-state index contributed by atoms with van der Waals surface area (Å²) >= 11 is 1.81. The lowest BCUT2D eigenvalue weighted by Gasteiger charge is -2.35. The van der Waals surface area contributed by atoms with E-state index in [1.54, 1.807) is 0 Å². The van der Waals surface area contributed by atoms with Crippen molar-refractivity contribution in [1.29, 1.82) is 0 Å². The van der Waals surface area contributed by atoms with E-state index < -0.39 is 23.9 Å². The van der Waals surface area contributed by atoms with Crippen molar-refractivity contribution >= 4 is 52.8 Å². The fourth-order valence-electron chi connectivity index (χ4n) is 4.41. The van der Waals surface area contributed by atoms with Crippen molar-refractivity contribution < 1.29 is 44.4 Å². The first-order chi connectivity index (χ1) is 21.4. The summed E-state index contributed by atoms with van der Waals surface area (Å²) in [6, 6.07) is 14.9. The first-order valence-electron chi connectivity index (χ1n) is 14.2. The number of fused-ring (bicyclic) bond motifs is 2. The molecule has 1 fully saturated rings. The molecule has 0 spiro atoms. The highest BCUT2D eigenvalue weighted by Crippen LogP contribution is 2.48. The lowest BCUT2D eigenvalue weighted by atomic mass is 10.1. The number of anilines is 2. The predicted molar refractivity (Wildman–Crippen MR) is 160 cm³/mol. The lowest BCUT2D eigenvalue weighted by Crippen LogP contribution is -2.45. The zero-order valence-electron chi connectivity index (χ0n) is 25.1. The van der Waals surface area contributed by atoms with Gasteiger partial charge in [0, 0.05) is 54.5 Å². The molecule has 13 heteroatoms. The van der Waals surface area contributed by atoms with Crippen LogP contribution in [-0.4, -0.2) is 85.8 Å². The van der Waals surface area contributed by atoms with E-state index in [9.17, 15) is 44.4 Å². The van der Waals surface area contributed by atoms with Gasteiger partial charge in [0.2, 0.25) is 0 Å². The van der Waals surface area contributed by atoms with E-state index in [4.69, 9.17) is 0 Å². The van der Waals surface area contributed by atoms with Gasteiger partial charge in [-0.15, -0.1) is 0 Å². The highest BCUT2D eigenvalue weighted by atomic mass is 32.2. The zero-order valence-corrected chi connectivity index (χ0v) is 26.0. The van der Waals surface area contributed by atoms with Crippen LogP contribution in [0.2, 0.25) is 0 Å². The van der Waals surface area contributed by atoms with Crippen LogP contribution in [-0.2, 0) is 19.2 Å². The number of para-hydroxylation sites is 1. The first kappa shape index (κ1) is 36.7. The van der Waals surface area contributed by atoms with E-state index in [0.29, 0.717) is 30.7 Å². The van der Waals surface area contributed by atoms with E-state index in [0.717, 1.165) is 57.7 Å². The lowest BCUT2D eigenvalue weighted by molar-refractivity contribution is -0.301. The third-order valence-electron chi connectivity index (χ3n) is 6.59. The molecule has 2 aliphatic heterocycles. The number of carbonyl (C=O) groups excluding carboxylic acids is 5. The Morgan fingerprint density at radius 3 is 1.80 bits per heavy atom. The molecule has 45 heavy (non-hydrogen) atoms. The number of piperazine rings is 1. The molecule has 12 nitrogen and oxygen atoms in total. The van der Waals surface area contributed by atoms with Crippen molar-refractivity contribution in [1.82, 2.24) is 9.80 Å². The Morgan fingerprint density at radius 2 is 1.27 bits per heavy atom. The summed E-state index contributed by atoms with van der Waals surface area (Å²) in [6.45, 7) is 8.81. The molecule has 0 N–H and O–H groups in total. The Labute approximate surface area is 266 Å². The van der Waals surface area contributed by atoms with Crippen LogP contribution in [0.3, 0.4) is 0 Å². The summed E-state index contributed by atoms with van der Waals surface area (Å²) < 4.78 is 0. The minimum atomic E-state index is -1.55. The molecule has 0 atom stereocenters. The molecule has 2 aliphatic rings. The SMILES string of the molecule is CCCC(=O)c1ccc2c(c1)N(CCCN1CCN(C)CC1)c1ccccc1S2.O=C([O-])/C=C\C(=O)[O-].O=C([O-])/C=C\C(=O)[O-]. The Balaban J connectivity index is 0.000000365. The third-order valence-corrected chi connectivity index (χ3v) is 7.72. The molecular formula is C32H35N3O9S-4. The molecule has 2 aromatic carbocycles. The number of likely N-dealkylation sites (N-methyl/N-ethyl adjacent to an activating group) is 1. The Hall–Kier alpha value is -4.46. The summed E-state index contributed by atoms with van der Waals surface area (Å²) in [5, 5.41) is 37.7. The van der Waals surface area contributed by atoms with Crippen LogP contribution in [0.5, 0.6) is 0 Å². The first-order valence-corrected chi connectivity index (χ1v) is 15.1. The van der Waals surface area contributed by atoms with Crippen LogP contribution < -0.4 is 25.3 Å². The second kappa shape index (κ2) is 19.0. The molecule has 0 radical (unpaired) electrons. The standard InChI is InChI=1S/C24H31N3OS.2C4H4O4/c1-3-7-22(28)19-10-11-24-21(18-19)27(20-8-4-5-9-23(20)29-24)13-6-12-26-16-14-25(2)15-17-26;2*5-3(6)1-2-4(7)8/h4-5,8-11,18H,3,6-7,12-17H2,1-2H3;2*1-2H,(H,5,6)(H,7,8)/p-4/b;2*2-1-. The Morgan fingerprint density at radius 1 is 0.733 bits per heavy atom. The maximum Gasteiger partial charge on any atom is 0.162 e. The van der Waals surface area contributed by atoms with Crippen molar-refractivity contribution in [2.24, 2.45) is 0 Å². The molecule has 0 bridgehead atoms. The maximum absolute atomic E-state index is 12.5. The van der Waals surface area contributed by atoms with Gasteiger partial charge in [0.15, 0.2) is 5.78 Å². The number of aliphatic carboxylic acids is 4. The molecule has 2 heterocycles. The van der Waals surface area contributed by atoms with E-state index in [1.807, 2.05) is 17.8 Å². The van der Waals surface area contributed by atoms with Gasteiger partial charge in [-0.1, -0.05) is 36.9 Å². The average Bonchev–Trinajstić information content (AvgIpc) is 3.00. The van der Waals surface area contributed by atoms with Crippen molar-refractivity contribution in [2.75, 3.05) is 51.2 Å². The summed E-state index contributed by atoms with van der Waals surface area (Å²) in [5.74, 6) is -5.94. The summed E-state index contributed by atoms with van der Waals surface area (Å²) in [5.41, 5.74) is 3.30. The van der Waals surface area contributed by atoms with Crippen molar-refractivity contribution in [3.05, 3.63) is 72.3 Å². The van der Waals surface area contributed by atoms with E-state index in [2.05, 4.69) is 65.1 Å². The number of carboxylic acid groups (broad SMARTS) is 4. The second-order valence-electron chi connectivity index (χ2n) is 10.0. The van der Waals surface area contributed by atoms with E-state index in [1.165, 1.54) is 21.2 Å². The van der Waals surface area contributed by atoms with Crippen molar-refractivity contribution in [3.63, 3.8) is 0 Å². The van der Waals surface area contributed by atoms with E-state index in [-0.39, 0.29) is 5.78 Å². The smallest absolute Gasteiger partial charge is 0.162 e. The van der Waals surface area contributed by atoms with Crippen LogP contribution in [0.15, 0.2) is 76.6 Å². The highest BCUT2D eigenvalue weighted by molar-refractivity contribution is 7.99. The molecule has 2 aromatic rings. The number of Topliss-reactive ketones (excluding diaryl/α,β-unsaturated/α-hetero) is 1. The van der Waals surface area contributed by atoms with Crippen LogP contribution in [0.4, 0.5) is 11.4 Å². The molecule has 4 rings (SSSR count). The van der Waals surface area contributed by atoms with Crippen LogP contribution in [0, 0.1) is 0 Å².